The van der Waals surface area contributed by atoms with Crippen molar-refractivity contribution in [1.82, 2.24) is 0 Å². The molecule has 2 atom stereocenters. The monoisotopic (exact) mass is 262 g/mol. The second-order valence-corrected chi connectivity index (χ2v) is 15.1. The summed E-state index contributed by atoms with van der Waals surface area (Å²) in [5.74, 6) is -0.302. The molecule has 16 heavy (non-hydrogen) atoms. The number of carbonyl (C=O) groups excluding carboxylic acids is 1. The lowest BCUT2D eigenvalue weighted by Gasteiger charge is -2.29. The molecule has 0 aliphatic carbocycles. The summed E-state index contributed by atoms with van der Waals surface area (Å²) in [6, 6.07) is 0. The molecule has 0 spiro atoms. The SMILES string of the molecule is CC(O[Si](C)(C)C)C(C)C(=O)O[Si](C)(C)C. The van der Waals surface area contributed by atoms with E-state index in [0.717, 1.165) is 0 Å². The molecule has 0 aromatic carbocycles. The molecular weight excluding hydrogens is 236 g/mol. The summed E-state index contributed by atoms with van der Waals surface area (Å²) >= 11 is 0. The van der Waals surface area contributed by atoms with Crippen LogP contribution in [0.4, 0.5) is 0 Å². The predicted molar refractivity (Wildman–Crippen MR) is 72.5 cm³/mol. The smallest absolute Gasteiger partial charge is 0.297 e. The third-order valence-electron chi connectivity index (χ3n) is 2.02. The normalized spacial score (nSPS) is 16.8. The maximum atomic E-state index is 11.8. The molecule has 2 unspecified atom stereocenters. The van der Waals surface area contributed by atoms with Crippen LogP contribution in [0.25, 0.3) is 0 Å². The first-order chi connectivity index (χ1) is 6.92. The number of rotatable bonds is 5. The van der Waals surface area contributed by atoms with Gasteiger partial charge in [-0.15, -0.1) is 0 Å². The molecule has 3 nitrogen and oxygen atoms in total. The van der Waals surface area contributed by atoms with Crippen LogP contribution in [-0.4, -0.2) is 28.7 Å². The van der Waals surface area contributed by atoms with Gasteiger partial charge in [-0.25, -0.2) is 0 Å². The molecule has 5 heteroatoms. The molecule has 0 saturated carbocycles. The average molecular weight is 262 g/mol. The fourth-order valence-electron chi connectivity index (χ4n) is 1.25. The molecule has 0 heterocycles. The van der Waals surface area contributed by atoms with Gasteiger partial charge in [0, 0.05) is 0 Å². The van der Waals surface area contributed by atoms with Crippen LogP contribution in [0.1, 0.15) is 13.8 Å². The standard InChI is InChI=1S/C11H26O3Si2/c1-9(10(2)13-15(3,4)5)11(12)14-16(6,7)8/h9-10H,1-8H3. The highest BCUT2D eigenvalue weighted by molar-refractivity contribution is 6.71. The van der Waals surface area contributed by atoms with Crippen LogP contribution in [0.5, 0.6) is 0 Å². The lowest BCUT2D eigenvalue weighted by atomic mass is 10.1. The maximum absolute atomic E-state index is 11.8. The van der Waals surface area contributed by atoms with Gasteiger partial charge in [-0.3, -0.25) is 4.79 Å². The summed E-state index contributed by atoms with van der Waals surface area (Å²) in [6.07, 6.45) is -0.0597. The maximum Gasteiger partial charge on any atom is 0.297 e. The van der Waals surface area contributed by atoms with Gasteiger partial charge in [-0.05, 0) is 53.1 Å². The van der Waals surface area contributed by atoms with Gasteiger partial charge >= 0.3 is 0 Å². The van der Waals surface area contributed by atoms with E-state index in [0.29, 0.717) is 0 Å². The fourth-order valence-corrected chi connectivity index (χ4v) is 3.36. The van der Waals surface area contributed by atoms with E-state index in [1.807, 2.05) is 33.5 Å². The van der Waals surface area contributed by atoms with Crippen LogP contribution in [0.2, 0.25) is 39.3 Å². The first-order valence-electron chi connectivity index (χ1n) is 5.83. The topological polar surface area (TPSA) is 35.5 Å². The molecule has 0 saturated heterocycles. The minimum absolute atomic E-state index is 0.0597. The highest BCUT2D eigenvalue weighted by Gasteiger charge is 2.30. The van der Waals surface area contributed by atoms with Crippen molar-refractivity contribution in [3.05, 3.63) is 0 Å². The molecular formula is C11H26O3Si2. The van der Waals surface area contributed by atoms with E-state index < -0.39 is 16.6 Å². The minimum Gasteiger partial charge on any atom is -0.520 e. The summed E-state index contributed by atoms with van der Waals surface area (Å²) < 4.78 is 11.4. The van der Waals surface area contributed by atoms with Gasteiger partial charge in [-0.2, -0.15) is 0 Å². The van der Waals surface area contributed by atoms with E-state index in [1.54, 1.807) is 0 Å². The molecule has 0 aliphatic rings. The minimum atomic E-state index is -1.78. The fraction of sp³-hybridized carbons (Fsp3) is 0.909. The zero-order valence-corrected chi connectivity index (χ0v) is 13.9. The Morgan fingerprint density at radius 3 is 1.69 bits per heavy atom. The number of hydrogen-bond donors (Lipinski definition) is 0. The molecule has 0 aromatic rings. The molecule has 0 radical (unpaired) electrons. The highest BCUT2D eigenvalue weighted by atomic mass is 28.4. The molecule has 0 rings (SSSR count). The third-order valence-corrected chi connectivity index (χ3v) is 3.91. The Kier molecular flexibility index (Phi) is 5.42. The van der Waals surface area contributed by atoms with Crippen molar-refractivity contribution >= 4 is 22.6 Å². The van der Waals surface area contributed by atoms with Crippen LogP contribution < -0.4 is 0 Å². The van der Waals surface area contributed by atoms with E-state index >= 15 is 0 Å². The van der Waals surface area contributed by atoms with E-state index in [-0.39, 0.29) is 18.0 Å². The van der Waals surface area contributed by atoms with Crippen molar-refractivity contribution in [2.24, 2.45) is 5.92 Å². The van der Waals surface area contributed by atoms with Crippen molar-refractivity contribution in [2.75, 3.05) is 0 Å². The van der Waals surface area contributed by atoms with Crippen molar-refractivity contribution in [1.29, 1.82) is 0 Å². The second kappa shape index (κ2) is 5.47. The highest BCUT2D eigenvalue weighted by Crippen LogP contribution is 2.17. The van der Waals surface area contributed by atoms with Crippen molar-refractivity contribution < 1.29 is 13.6 Å². The zero-order valence-electron chi connectivity index (χ0n) is 11.9. The van der Waals surface area contributed by atoms with Crippen molar-refractivity contribution in [2.45, 2.75) is 59.2 Å². The molecule has 0 amide bonds. The quantitative estimate of drug-likeness (QED) is 0.714. The molecule has 0 bridgehead atoms. The first kappa shape index (κ1) is 15.9. The second-order valence-electron chi connectivity index (χ2n) is 6.26. The third kappa shape index (κ3) is 7.19. The van der Waals surface area contributed by atoms with Gasteiger partial charge in [-0.1, -0.05) is 0 Å². The molecule has 0 aromatic heterocycles. The summed E-state index contributed by atoms with van der Waals surface area (Å²) in [4.78, 5) is 11.8. The summed E-state index contributed by atoms with van der Waals surface area (Å²) in [7, 11) is -3.37. The summed E-state index contributed by atoms with van der Waals surface area (Å²) in [6.45, 7) is 16.3. The molecule has 0 N–H and O–H groups in total. The Morgan fingerprint density at radius 2 is 1.38 bits per heavy atom. The van der Waals surface area contributed by atoms with Crippen LogP contribution in [0.15, 0.2) is 0 Å². The molecule has 0 aliphatic heterocycles. The lowest BCUT2D eigenvalue weighted by molar-refractivity contribution is -0.141. The van der Waals surface area contributed by atoms with Gasteiger partial charge in [0.2, 0.25) is 8.32 Å². The van der Waals surface area contributed by atoms with E-state index in [2.05, 4.69) is 19.6 Å². The van der Waals surface area contributed by atoms with Crippen LogP contribution in [-0.2, 0) is 13.6 Å². The Bertz CT molecular complexity index is 241. The summed E-state index contributed by atoms with van der Waals surface area (Å²) in [5, 5.41) is 0. The van der Waals surface area contributed by atoms with Crippen LogP contribution >= 0.6 is 0 Å². The Morgan fingerprint density at radius 1 is 0.938 bits per heavy atom. The van der Waals surface area contributed by atoms with E-state index in [4.69, 9.17) is 8.85 Å². The average Bonchev–Trinajstić information content (AvgIpc) is 1.96. The summed E-state index contributed by atoms with van der Waals surface area (Å²) in [5.41, 5.74) is 0. The van der Waals surface area contributed by atoms with Gasteiger partial charge < -0.3 is 8.85 Å². The van der Waals surface area contributed by atoms with Gasteiger partial charge in [0.1, 0.15) is 0 Å². The van der Waals surface area contributed by atoms with Gasteiger partial charge in [0.05, 0.1) is 12.0 Å². The van der Waals surface area contributed by atoms with Crippen LogP contribution in [0.3, 0.4) is 0 Å². The zero-order chi connectivity index (χ0) is 13.1. The Labute approximate surface area is 102 Å². The van der Waals surface area contributed by atoms with Crippen molar-refractivity contribution in [3.63, 3.8) is 0 Å². The van der Waals surface area contributed by atoms with Crippen molar-refractivity contribution in [3.8, 4) is 0 Å². The van der Waals surface area contributed by atoms with Gasteiger partial charge in [0.25, 0.3) is 5.97 Å². The van der Waals surface area contributed by atoms with Gasteiger partial charge in [0.15, 0.2) is 8.32 Å². The first-order valence-corrected chi connectivity index (χ1v) is 12.6. The largest absolute Gasteiger partial charge is 0.520 e. The number of carbonyl (C=O) groups is 1. The Balaban J connectivity index is 4.34. The molecule has 96 valence electrons. The number of hydrogen-bond acceptors (Lipinski definition) is 3. The lowest BCUT2D eigenvalue weighted by Crippen LogP contribution is -2.40. The molecule has 0 fully saturated rings. The van der Waals surface area contributed by atoms with E-state index in [9.17, 15) is 4.79 Å². The predicted octanol–water partition coefficient (Wildman–Crippen LogP) is 3.24. The Hall–Kier alpha value is -0.136. The van der Waals surface area contributed by atoms with Crippen LogP contribution in [0, 0.1) is 5.92 Å². The van der Waals surface area contributed by atoms with E-state index in [1.165, 1.54) is 0 Å².